The fourth-order valence-electron chi connectivity index (χ4n) is 5.27. The predicted molar refractivity (Wildman–Crippen MR) is 153 cm³/mol. The van der Waals surface area contributed by atoms with Gasteiger partial charge in [0.2, 0.25) is 11.8 Å². The van der Waals surface area contributed by atoms with Crippen LogP contribution in [0.3, 0.4) is 0 Å². The van der Waals surface area contributed by atoms with Crippen molar-refractivity contribution in [2.45, 2.75) is 24.9 Å². The molecule has 1 fully saturated rings. The van der Waals surface area contributed by atoms with Gasteiger partial charge in [-0.15, -0.1) is 0 Å². The zero-order valence-corrected chi connectivity index (χ0v) is 22.5. The zero-order chi connectivity index (χ0) is 29.1. The van der Waals surface area contributed by atoms with Crippen LogP contribution in [0.15, 0.2) is 85.4 Å². The number of nitriles is 1. The van der Waals surface area contributed by atoms with Crippen molar-refractivity contribution in [1.29, 1.82) is 5.26 Å². The highest BCUT2D eigenvalue weighted by molar-refractivity contribution is 5.94. The molecule has 0 saturated carbocycles. The molecule has 2 N–H and O–H groups in total. The van der Waals surface area contributed by atoms with Crippen molar-refractivity contribution < 1.29 is 18.4 Å². The van der Waals surface area contributed by atoms with E-state index in [1.807, 2.05) is 48.5 Å². The number of H-pyrrole nitrogens is 1. The Morgan fingerprint density at radius 3 is 2.49 bits per heavy atom. The lowest BCUT2D eigenvalue weighted by Crippen LogP contribution is -2.49. The molecule has 1 aromatic heterocycles. The Balaban J connectivity index is 1.41. The van der Waals surface area contributed by atoms with E-state index in [-0.39, 0.29) is 35.7 Å². The number of para-hydroxylation sites is 1. The van der Waals surface area contributed by atoms with Crippen LogP contribution in [0, 0.1) is 28.9 Å². The van der Waals surface area contributed by atoms with Crippen LogP contribution in [0.25, 0.3) is 16.6 Å². The van der Waals surface area contributed by atoms with Crippen molar-refractivity contribution >= 4 is 34.1 Å². The SMILES string of the molecule is C=C(c1cc2c(F)cc(F)cc2[nH]1)N(C)C(Cc1ccccc1)C(=O)N1CC(C(=O)Nc2ccccc2)CC1C#N. The highest BCUT2D eigenvalue weighted by Crippen LogP contribution is 2.30. The molecule has 1 saturated heterocycles. The number of likely N-dealkylation sites (tertiary alicyclic amines) is 1. The molecule has 0 spiro atoms. The van der Waals surface area contributed by atoms with Gasteiger partial charge >= 0.3 is 0 Å². The first-order chi connectivity index (χ1) is 19.7. The second kappa shape index (κ2) is 11.6. The maximum atomic E-state index is 14.4. The Labute approximate surface area is 236 Å². The third kappa shape index (κ3) is 5.82. The van der Waals surface area contributed by atoms with Crippen LogP contribution in [0.5, 0.6) is 0 Å². The molecule has 0 radical (unpaired) electrons. The molecule has 1 aliphatic heterocycles. The van der Waals surface area contributed by atoms with E-state index in [1.54, 1.807) is 24.1 Å². The van der Waals surface area contributed by atoms with Crippen molar-refractivity contribution in [3.05, 3.63) is 108 Å². The van der Waals surface area contributed by atoms with Gasteiger partial charge in [0.1, 0.15) is 23.7 Å². The highest BCUT2D eigenvalue weighted by atomic mass is 19.1. The fourth-order valence-corrected chi connectivity index (χ4v) is 5.27. The quantitative estimate of drug-likeness (QED) is 0.308. The first-order valence-electron chi connectivity index (χ1n) is 13.2. The minimum Gasteiger partial charge on any atom is -0.361 e. The molecular formula is C32H29F2N5O2. The average Bonchev–Trinajstić information content (AvgIpc) is 3.61. The highest BCUT2D eigenvalue weighted by Gasteiger charge is 2.42. The summed E-state index contributed by atoms with van der Waals surface area (Å²) >= 11 is 0. The standard InChI is InChI=1S/C32H29F2N5O2/c1-20(28-17-26-27(34)15-23(33)16-29(26)37-28)38(2)30(13-21-9-5-3-6-10-21)32(41)39-19-22(14-25(39)18-35)31(40)36-24-11-7-4-8-12-24/h3-12,15-17,22,25,30,37H,1,13-14,19H2,2H3,(H,36,40). The van der Waals surface area contributed by atoms with E-state index in [2.05, 4.69) is 22.9 Å². The number of carbonyl (C=O) groups is 2. The lowest BCUT2D eigenvalue weighted by Gasteiger charge is -2.34. The van der Waals surface area contributed by atoms with E-state index in [0.717, 1.165) is 11.6 Å². The molecule has 3 unspecified atom stereocenters. The summed E-state index contributed by atoms with van der Waals surface area (Å²) in [4.78, 5) is 33.3. The minimum absolute atomic E-state index is 0.0954. The van der Waals surface area contributed by atoms with Gasteiger partial charge in [0, 0.05) is 37.2 Å². The number of likely N-dealkylation sites (N-methyl/N-ethyl adjacent to an activating group) is 1. The Morgan fingerprint density at radius 2 is 1.80 bits per heavy atom. The smallest absolute Gasteiger partial charge is 0.246 e. The predicted octanol–water partition coefficient (Wildman–Crippen LogP) is 5.34. The summed E-state index contributed by atoms with van der Waals surface area (Å²) in [6.45, 7) is 4.25. The van der Waals surface area contributed by atoms with Crippen LogP contribution in [-0.2, 0) is 16.0 Å². The fraction of sp³-hybridized carbons (Fsp3) is 0.219. The van der Waals surface area contributed by atoms with Gasteiger partial charge in [0.25, 0.3) is 0 Å². The molecule has 9 heteroatoms. The molecule has 1 aliphatic rings. The second-order valence-corrected chi connectivity index (χ2v) is 10.2. The molecule has 4 aromatic rings. The van der Waals surface area contributed by atoms with Crippen molar-refractivity contribution in [1.82, 2.24) is 14.8 Å². The lowest BCUT2D eigenvalue weighted by molar-refractivity contribution is -0.135. The summed E-state index contributed by atoms with van der Waals surface area (Å²) in [6.07, 6.45) is 0.518. The third-order valence-electron chi connectivity index (χ3n) is 7.56. The Kier molecular flexibility index (Phi) is 7.83. The molecule has 2 amide bonds. The summed E-state index contributed by atoms with van der Waals surface area (Å²) in [7, 11) is 1.70. The number of carbonyl (C=O) groups excluding carboxylic acids is 2. The molecule has 0 aliphatic carbocycles. The molecule has 5 rings (SSSR count). The lowest BCUT2D eigenvalue weighted by atomic mass is 10.0. The third-order valence-corrected chi connectivity index (χ3v) is 7.56. The maximum absolute atomic E-state index is 14.4. The molecule has 208 valence electrons. The molecule has 41 heavy (non-hydrogen) atoms. The number of benzene rings is 3. The van der Waals surface area contributed by atoms with Crippen molar-refractivity contribution in [2.75, 3.05) is 18.9 Å². The van der Waals surface area contributed by atoms with E-state index in [0.29, 0.717) is 23.5 Å². The average molecular weight is 554 g/mol. The number of hydrogen-bond donors (Lipinski definition) is 2. The van der Waals surface area contributed by atoms with Crippen LogP contribution in [-0.4, -0.2) is 52.3 Å². The van der Waals surface area contributed by atoms with Gasteiger partial charge in [0.05, 0.1) is 28.9 Å². The summed E-state index contributed by atoms with van der Waals surface area (Å²) in [5.74, 6) is -2.55. The molecular weight excluding hydrogens is 524 g/mol. The van der Waals surface area contributed by atoms with Crippen molar-refractivity contribution in [2.24, 2.45) is 5.92 Å². The number of anilines is 1. The number of nitrogens with zero attached hydrogens (tertiary/aromatic N) is 3. The number of halogens is 2. The number of amides is 2. The van der Waals surface area contributed by atoms with E-state index in [1.165, 1.54) is 17.0 Å². The normalized spacial score (nSPS) is 17.2. The summed E-state index contributed by atoms with van der Waals surface area (Å²) in [6, 6.07) is 22.6. The Bertz CT molecular complexity index is 1630. The van der Waals surface area contributed by atoms with Crippen LogP contribution < -0.4 is 5.32 Å². The first kappa shape index (κ1) is 27.6. The van der Waals surface area contributed by atoms with Gasteiger partial charge in [-0.1, -0.05) is 55.1 Å². The Hall–Kier alpha value is -4.97. The van der Waals surface area contributed by atoms with Gasteiger partial charge in [-0.2, -0.15) is 5.26 Å². The zero-order valence-electron chi connectivity index (χ0n) is 22.5. The molecule has 7 nitrogen and oxygen atoms in total. The van der Waals surface area contributed by atoms with Gasteiger partial charge in [0.15, 0.2) is 0 Å². The Morgan fingerprint density at radius 1 is 1.12 bits per heavy atom. The number of aromatic amines is 1. The number of hydrogen-bond acceptors (Lipinski definition) is 4. The van der Waals surface area contributed by atoms with Crippen molar-refractivity contribution in [3.8, 4) is 6.07 Å². The van der Waals surface area contributed by atoms with E-state index < -0.39 is 29.6 Å². The van der Waals surface area contributed by atoms with Crippen LogP contribution >= 0.6 is 0 Å². The van der Waals surface area contributed by atoms with Crippen LogP contribution in [0.4, 0.5) is 14.5 Å². The molecule has 2 heterocycles. The van der Waals surface area contributed by atoms with Crippen molar-refractivity contribution in [3.63, 3.8) is 0 Å². The first-order valence-corrected chi connectivity index (χ1v) is 13.2. The van der Waals surface area contributed by atoms with Gasteiger partial charge in [-0.25, -0.2) is 8.78 Å². The summed E-state index contributed by atoms with van der Waals surface area (Å²) < 4.78 is 28.2. The number of nitrogens with one attached hydrogen (secondary N) is 2. The van der Waals surface area contributed by atoms with Gasteiger partial charge in [-0.3, -0.25) is 9.59 Å². The van der Waals surface area contributed by atoms with Gasteiger partial charge in [-0.05, 0) is 36.2 Å². The monoisotopic (exact) mass is 553 g/mol. The van der Waals surface area contributed by atoms with Gasteiger partial charge < -0.3 is 20.1 Å². The number of fused-ring (bicyclic) bond motifs is 1. The molecule has 3 aromatic carbocycles. The summed E-state index contributed by atoms with van der Waals surface area (Å²) in [5.41, 5.74) is 2.62. The summed E-state index contributed by atoms with van der Waals surface area (Å²) in [5, 5.41) is 13.0. The molecule has 0 bridgehead atoms. The topological polar surface area (TPSA) is 92.2 Å². The largest absolute Gasteiger partial charge is 0.361 e. The minimum atomic E-state index is -0.787. The number of aromatic nitrogens is 1. The van der Waals surface area contributed by atoms with E-state index in [4.69, 9.17) is 0 Å². The number of rotatable bonds is 8. The van der Waals surface area contributed by atoms with Crippen LogP contribution in [0.1, 0.15) is 17.7 Å². The molecule has 3 atom stereocenters. The second-order valence-electron chi connectivity index (χ2n) is 10.2. The van der Waals surface area contributed by atoms with Crippen LogP contribution in [0.2, 0.25) is 0 Å². The maximum Gasteiger partial charge on any atom is 0.246 e. The van der Waals surface area contributed by atoms with E-state index in [9.17, 15) is 23.6 Å². The van der Waals surface area contributed by atoms with E-state index >= 15 is 0 Å².